The Kier molecular flexibility index (Phi) is 8.27. The normalized spacial score (nSPS) is 12.2. The number of methoxy groups -OCH3 is 1. The summed E-state index contributed by atoms with van der Waals surface area (Å²) in [5, 5.41) is 31.4. The molecule has 0 bridgehead atoms. The quantitative estimate of drug-likeness (QED) is 0.489. The van der Waals surface area contributed by atoms with Gasteiger partial charge in [-0.1, -0.05) is 42.2 Å². The molecule has 0 spiro atoms. The molecule has 130 valence electrons. The van der Waals surface area contributed by atoms with Gasteiger partial charge in [0, 0.05) is 12.1 Å². The minimum atomic E-state index is -0.473. The number of hydrogen-bond acceptors (Lipinski definition) is 4. The fourth-order valence-corrected chi connectivity index (χ4v) is 2.03. The fraction of sp³-hybridized carbons (Fsp3) is 0.0500. The van der Waals surface area contributed by atoms with E-state index in [-0.39, 0.29) is 39.9 Å². The first-order chi connectivity index (χ1) is 11.6. The molecular weight excluding hydrogens is 360 g/mol. The third kappa shape index (κ3) is 5.99. The summed E-state index contributed by atoms with van der Waals surface area (Å²) in [6.07, 6.45) is 10.3. The van der Waals surface area contributed by atoms with Crippen molar-refractivity contribution < 1.29 is 37.1 Å². The number of rotatable bonds is 3. The predicted octanol–water partition coefficient (Wildman–Crippen LogP) is 3.26. The van der Waals surface area contributed by atoms with Crippen LogP contribution in [-0.4, -0.2) is 17.3 Å². The third-order valence-electron chi connectivity index (χ3n) is 3.22. The van der Waals surface area contributed by atoms with E-state index in [0.717, 1.165) is 5.57 Å². The van der Waals surface area contributed by atoms with Gasteiger partial charge in [-0.05, 0) is 5.57 Å². The monoisotopic (exact) mass is 378 g/mol. The van der Waals surface area contributed by atoms with E-state index in [2.05, 4.69) is 0 Å². The van der Waals surface area contributed by atoms with Crippen molar-refractivity contribution in [3.05, 3.63) is 90.1 Å². The molecular formula is C20H18FeO4. The molecule has 1 aliphatic carbocycles. The Balaban J connectivity index is 0.000000448. The van der Waals surface area contributed by atoms with Gasteiger partial charge in [-0.2, -0.15) is 18.2 Å². The van der Waals surface area contributed by atoms with Crippen LogP contribution in [0.4, 0.5) is 0 Å². The van der Waals surface area contributed by atoms with Crippen LogP contribution < -0.4 is 9.84 Å². The van der Waals surface area contributed by atoms with Gasteiger partial charge in [0.1, 0.15) is 17.2 Å². The molecule has 2 N–H and O–H groups in total. The molecule has 0 amide bonds. The molecule has 0 saturated heterocycles. The first-order valence-corrected chi connectivity index (χ1v) is 7.32. The van der Waals surface area contributed by atoms with Gasteiger partial charge in [0.2, 0.25) is 0 Å². The fourth-order valence-electron chi connectivity index (χ4n) is 2.03. The predicted molar refractivity (Wildman–Crippen MR) is 92.7 cm³/mol. The standard InChI is InChI=1S/C15H14O4.C5H5.Fe/c1-19-11-8-13(17)15(14(18)9-11)12(16)7-6-10-4-2-3-5-10;1-2-4-5-3-1;/h2-9,16-18H,1H3;1-5H;/q;-1;+2/p-1. The number of phenolic OH excluding ortho intramolecular Hbond substituents is 2. The van der Waals surface area contributed by atoms with Crippen LogP contribution in [0.1, 0.15) is 5.56 Å². The first-order valence-electron chi connectivity index (χ1n) is 7.32. The Hall–Kier alpha value is -2.75. The SMILES string of the molecule is COc1cc(O)c(C([O-])=CC=C2C=CC=C2)c(O)c1.[Fe+2].c1cc[cH-]c1. The molecule has 25 heavy (non-hydrogen) atoms. The second-order valence-electron chi connectivity index (χ2n) is 4.92. The Bertz CT molecular complexity index is 730. The van der Waals surface area contributed by atoms with Crippen LogP contribution in [-0.2, 0) is 17.1 Å². The summed E-state index contributed by atoms with van der Waals surface area (Å²) < 4.78 is 4.88. The van der Waals surface area contributed by atoms with E-state index < -0.39 is 5.76 Å². The summed E-state index contributed by atoms with van der Waals surface area (Å²) in [7, 11) is 1.41. The maximum Gasteiger partial charge on any atom is 2.00 e. The second-order valence-corrected chi connectivity index (χ2v) is 4.92. The van der Waals surface area contributed by atoms with Gasteiger partial charge in [-0.25, -0.2) is 12.1 Å². The Labute approximate surface area is 157 Å². The zero-order valence-corrected chi connectivity index (χ0v) is 14.7. The Morgan fingerprint density at radius 1 is 1.08 bits per heavy atom. The van der Waals surface area contributed by atoms with Gasteiger partial charge in [0.25, 0.3) is 0 Å². The van der Waals surface area contributed by atoms with Crippen molar-refractivity contribution in [2.45, 2.75) is 0 Å². The van der Waals surface area contributed by atoms with Crippen molar-refractivity contribution >= 4 is 5.76 Å². The maximum atomic E-state index is 11.9. The minimum Gasteiger partial charge on any atom is -0.872 e. The van der Waals surface area contributed by atoms with Gasteiger partial charge in [-0.15, -0.1) is 0 Å². The van der Waals surface area contributed by atoms with E-state index in [1.165, 1.54) is 25.3 Å². The van der Waals surface area contributed by atoms with E-state index in [1.54, 1.807) is 6.08 Å². The summed E-state index contributed by atoms with van der Waals surface area (Å²) in [4.78, 5) is 0. The van der Waals surface area contributed by atoms with E-state index in [1.807, 2.05) is 54.6 Å². The molecule has 0 radical (unpaired) electrons. The number of allylic oxidation sites excluding steroid dienone is 7. The summed E-state index contributed by atoms with van der Waals surface area (Å²) >= 11 is 0. The molecule has 2 aromatic carbocycles. The third-order valence-corrected chi connectivity index (χ3v) is 3.22. The van der Waals surface area contributed by atoms with Crippen LogP contribution in [0.5, 0.6) is 17.2 Å². The van der Waals surface area contributed by atoms with E-state index >= 15 is 0 Å². The van der Waals surface area contributed by atoms with Crippen LogP contribution in [0.3, 0.4) is 0 Å². The Morgan fingerprint density at radius 3 is 2.08 bits per heavy atom. The van der Waals surface area contributed by atoms with Crippen molar-refractivity contribution in [2.75, 3.05) is 7.11 Å². The number of hydrogen-bond donors (Lipinski definition) is 2. The van der Waals surface area contributed by atoms with Crippen molar-refractivity contribution in [1.82, 2.24) is 0 Å². The smallest absolute Gasteiger partial charge is 0.872 e. The van der Waals surface area contributed by atoms with E-state index in [9.17, 15) is 15.3 Å². The first kappa shape index (κ1) is 20.3. The molecule has 4 nitrogen and oxygen atoms in total. The van der Waals surface area contributed by atoms with E-state index in [0.29, 0.717) is 0 Å². The maximum absolute atomic E-state index is 11.9. The number of phenols is 2. The number of benzene rings is 1. The molecule has 5 heteroatoms. The average molecular weight is 378 g/mol. The molecule has 0 unspecified atom stereocenters. The minimum absolute atomic E-state index is 0. The summed E-state index contributed by atoms with van der Waals surface area (Å²) in [6, 6.07) is 12.6. The second kappa shape index (κ2) is 10.2. The van der Waals surface area contributed by atoms with Crippen molar-refractivity contribution in [3.8, 4) is 17.2 Å². The number of ether oxygens (including phenoxy) is 1. The van der Waals surface area contributed by atoms with Gasteiger partial charge >= 0.3 is 17.1 Å². The van der Waals surface area contributed by atoms with E-state index in [4.69, 9.17) is 4.74 Å². The van der Waals surface area contributed by atoms with Crippen LogP contribution in [0, 0.1) is 0 Å². The van der Waals surface area contributed by atoms with Crippen LogP contribution in [0.25, 0.3) is 5.76 Å². The Morgan fingerprint density at radius 2 is 1.64 bits per heavy atom. The van der Waals surface area contributed by atoms with Crippen molar-refractivity contribution in [3.63, 3.8) is 0 Å². The molecule has 0 aromatic heterocycles. The van der Waals surface area contributed by atoms with Gasteiger partial charge in [0.05, 0.1) is 12.7 Å². The molecule has 2 aromatic rings. The molecule has 0 fully saturated rings. The molecule has 0 heterocycles. The van der Waals surface area contributed by atoms with Crippen LogP contribution >= 0.6 is 0 Å². The summed E-state index contributed by atoms with van der Waals surface area (Å²) in [5.41, 5.74) is 0.740. The van der Waals surface area contributed by atoms with Crippen molar-refractivity contribution in [1.29, 1.82) is 0 Å². The summed E-state index contributed by atoms with van der Waals surface area (Å²) in [6.45, 7) is 0. The summed E-state index contributed by atoms with van der Waals surface area (Å²) in [5.74, 6) is -0.812. The zero-order chi connectivity index (χ0) is 17.4. The zero-order valence-electron chi connectivity index (χ0n) is 13.6. The number of aromatic hydroxyl groups is 2. The van der Waals surface area contributed by atoms with Gasteiger partial charge in [-0.3, -0.25) is 0 Å². The molecule has 1 aliphatic rings. The van der Waals surface area contributed by atoms with Gasteiger partial charge < -0.3 is 20.1 Å². The van der Waals surface area contributed by atoms with Crippen LogP contribution in [0.2, 0.25) is 0 Å². The largest absolute Gasteiger partial charge is 2.00 e. The molecule has 0 saturated carbocycles. The molecule has 3 rings (SSSR count). The molecule has 0 atom stereocenters. The van der Waals surface area contributed by atoms with Crippen molar-refractivity contribution in [2.24, 2.45) is 0 Å². The topological polar surface area (TPSA) is 72.8 Å². The average Bonchev–Trinajstić information content (AvgIpc) is 3.28. The molecule has 0 aliphatic heterocycles. The van der Waals surface area contributed by atoms with Gasteiger partial charge in [0.15, 0.2) is 0 Å². The van der Waals surface area contributed by atoms with Crippen LogP contribution in [0.15, 0.2) is 84.5 Å².